The van der Waals surface area contributed by atoms with E-state index in [1.54, 1.807) is 25.1 Å². The van der Waals surface area contributed by atoms with Gasteiger partial charge in [0.15, 0.2) is 0 Å². The van der Waals surface area contributed by atoms with Gasteiger partial charge < -0.3 is 10.2 Å². The number of nitrogens with zero attached hydrogens (tertiary/aromatic N) is 2. The number of carbonyl (C=O) groups excluding carboxylic acids is 2. The average molecular weight is 646 g/mol. The molecule has 9 heteroatoms. The van der Waals surface area contributed by atoms with Crippen molar-refractivity contribution >= 4 is 39.1 Å². The first-order valence-electron chi connectivity index (χ1n) is 15.0. The van der Waals surface area contributed by atoms with Crippen molar-refractivity contribution in [3.63, 3.8) is 0 Å². The van der Waals surface area contributed by atoms with Gasteiger partial charge in [0.25, 0.3) is 10.0 Å². The van der Waals surface area contributed by atoms with Crippen molar-refractivity contribution in [3.8, 4) is 0 Å². The highest BCUT2D eigenvalue weighted by Crippen LogP contribution is 2.28. The van der Waals surface area contributed by atoms with Gasteiger partial charge in [-0.05, 0) is 79.8 Å². The van der Waals surface area contributed by atoms with E-state index in [9.17, 15) is 18.0 Å². The maximum atomic E-state index is 14.6. The SMILES string of the molecule is CC[C@@H](C)NC(=O)[C@@H](Cc1ccccc1)N(Cc1ccccc1C)C(=O)CN(c1ccccc1C)S(=O)(=O)c1ccc(Cl)cc1. The van der Waals surface area contributed by atoms with Crippen LogP contribution in [0.2, 0.25) is 5.02 Å². The summed E-state index contributed by atoms with van der Waals surface area (Å²) in [4.78, 5) is 30.1. The van der Waals surface area contributed by atoms with Crippen molar-refractivity contribution < 1.29 is 18.0 Å². The number of aryl methyl sites for hydroxylation is 2. The zero-order valence-electron chi connectivity index (χ0n) is 26.1. The third-order valence-electron chi connectivity index (χ3n) is 7.94. The van der Waals surface area contributed by atoms with E-state index in [2.05, 4.69) is 5.32 Å². The van der Waals surface area contributed by atoms with Gasteiger partial charge in [-0.3, -0.25) is 13.9 Å². The van der Waals surface area contributed by atoms with Crippen LogP contribution < -0.4 is 9.62 Å². The van der Waals surface area contributed by atoms with E-state index in [1.165, 1.54) is 29.2 Å². The largest absolute Gasteiger partial charge is 0.352 e. The van der Waals surface area contributed by atoms with Crippen molar-refractivity contribution in [1.82, 2.24) is 10.2 Å². The zero-order valence-corrected chi connectivity index (χ0v) is 27.7. The molecule has 0 fully saturated rings. The molecule has 0 aliphatic heterocycles. The molecule has 0 saturated carbocycles. The number of hydrogen-bond donors (Lipinski definition) is 1. The number of carbonyl (C=O) groups is 2. The first-order chi connectivity index (χ1) is 21.5. The van der Waals surface area contributed by atoms with Gasteiger partial charge in [0.05, 0.1) is 10.6 Å². The molecule has 4 aromatic carbocycles. The fourth-order valence-electron chi connectivity index (χ4n) is 5.06. The van der Waals surface area contributed by atoms with E-state index in [4.69, 9.17) is 11.6 Å². The summed E-state index contributed by atoms with van der Waals surface area (Å²) in [5.74, 6) is -0.794. The lowest BCUT2D eigenvalue weighted by Crippen LogP contribution is -2.54. The lowest BCUT2D eigenvalue weighted by molar-refractivity contribution is -0.140. The summed E-state index contributed by atoms with van der Waals surface area (Å²) in [6.45, 7) is 7.27. The summed E-state index contributed by atoms with van der Waals surface area (Å²) in [5.41, 5.74) is 3.77. The second-order valence-electron chi connectivity index (χ2n) is 11.2. The number of rotatable bonds is 13. The number of amides is 2. The summed E-state index contributed by atoms with van der Waals surface area (Å²) in [6, 6.07) is 29.1. The van der Waals surface area contributed by atoms with Crippen LogP contribution >= 0.6 is 11.6 Å². The van der Waals surface area contributed by atoms with Gasteiger partial charge in [-0.2, -0.15) is 0 Å². The molecule has 0 aliphatic rings. The second-order valence-corrected chi connectivity index (χ2v) is 13.5. The van der Waals surface area contributed by atoms with Gasteiger partial charge in [-0.15, -0.1) is 0 Å². The molecular formula is C36H40ClN3O4S. The predicted molar refractivity (Wildman–Crippen MR) is 181 cm³/mol. The topological polar surface area (TPSA) is 86.8 Å². The summed E-state index contributed by atoms with van der Waals surface area (Å²) in [7, 11) is -4.20. The van der Waals surface area contributed by atoms with Gasteiger partial charge in [0.1, 0.15) is 12.6 Å². The van der Waals surface area contributed by atoms with Crippen LogP contribution in [0.15, 0.2) is 108 Å². The Balaban J connectivity index is 1.83. The summed E-state index contributed by atoms with van der Waals surface area (Å²) in [5, 5.41) is 3.46. The number of benzene rings is 4. The van der Waals surface area contributed by atoms with Crippen LogP contribution in [0, 0.1) is 13.8 Å². The van der Waals surface area contributed by atoms with Crippen molar-refractivity contribution in [2.24, 2.45) is 0 Å². The molecule has 4 aromatic rings. The standard InChI is InChI=1S/C36H40ClN3O4S/c1-5-28(4)38-36(42)34(23-29-15-7-6-8-16-29)39(24-30-17-11-9-13-26(30)2)35(41)25-40(33-18-12-10-14-27(33)3)45(43,44)32-21-19-31(37)20-22-32/h6-22,28,34H,5,23-25H2,1-4H3,(H,38,42)/t28-,34-/m1/s1. The van der Waals surface area contributed by atoms with Gasteiger partial charge >= 0.3 is 0 Å². The fourth-order valence-corrected chi connectivity index (χ4v) is 6.66. The first kappa shape index (κ1) is 33.7. The molecular weight excluding hydrogens is 606 g/mol. The van der Waals surface area contributed by atoms with Crippen LogP contribution in [0.3, 0.4) is 0 Å². The molecule has 1 N–H and O–H groups in total. The Morgan fingerprint density at radius 1 is 0.822 bits per heavy atom. The van der Waals surface area contributed by atoms with Crippen molar-refractivity contribution in [2.45, 2.75) is 64.1 Å². The average Bonchev–Trinajstić information content (AvgIpc) is 3.03. The number of halogens is 1. The molecule has 2 amide bonds. The zero-order chi connectivity index (χ0) is 32.6. The Hall–Kier alpha value is -4.14. The molecule has 2 atom stereocenters. The molecule has 0 bridgehead atoms. The predicted octanol–water partition coefficient (Wildman–Crippen LogP) is 6.71. The molecule has 4 rings (SSSR count). The molecule has 0 spiro atoms. The Labute approximate surface area is 271 Å². The van der Waals surface area contributed by atoms with Crippen LogP contribution in [0.4, 0.5) is 5.69 Å². The Kier molecular flexibility index (Phi) is 11.4. The molecule has 236 valence electrons. The van der Waals surface area contributed by atoms with Crippen LogP contribution in [0.25, 0.3) is 0 Å². The minimum Gasteiger partial charge on any atom is -0.352 e. The van der Waals surface area contributed by atoms with Crippen molar-refractivity contribution in [1.29, 1.82) is 0 Å². The molecule has 0 heterocycles. The second kappa shape index (κ2) is 15.2. The number of nitrogens with one attached hydrogen (secondary N) is 1. The van der Waals surface area contributed by atoms with Crippen LogP contribution in [-0.4, -0.2) is 43.8 Å². The van der Waals surface area contributed by atoms with E-state index in [0.717, 1.165) is 27.4 Å². The molecule has 0 aromatic heterocycles. The molecule has 45 heavy (non-hydrogen) atoms. The number of anilines is 1. The van der Waals surface area contributed by atoms with E-state index >= 15 is 0 Å². The lowest BCUT2D eigenvalue weighted by Gasteiger charge is -2.35. The van der Waals surface area contributed by atoms with E-state index in [-0.39, 0.29) is 29.8 Å². The maximum absolute atomic E-state index is 14.6. The number of hydrogen-bond acceptors (Lipinski definition) is 4. The highest BCUT2D eigenvalue weighted by atomic mass is 35.5. The van der Waals surface area contributed by atoms with E-state index in [0.29, 0.717) is 16.3 Å². The minimum atomic E-state index is -4.20. The van der Waals surface area contributed by atoms with Gasteiger partial charge in [-0.1, -0.05) is 91.3 Å². The Morgan fingerprint density at radius 3 is 2.04 bits per heavy atom. The number of para-hydroxylation sites is 1. The fraction of sp³-hybridized carbons (Fsp3) is 0.278. The molecule has 0 radical (unpaired) electrons. The normalized spacial score (nSPS) is 12.6. The Bertz CT molecular complexity index is 1710. The highest BCUT2D eigenvalue weighted by Gasteiger charge is 2.35. The molecule has 0 unspecified atom stereocenters. The monoisotopic (exact) mass is 645 g/mol. The third-order valence-corrected chi connectivity index (χ3v) is 9.96. The summed E-state index contributed by atoms with van der Waals surface area (Å²) >= 11 is 6.07. The number of sulfonamides is 1. The Morgan fingerprint density at radius 2 is 1.42 bits per heavy atom. The maximum Gasteiger partial charge on any atom is 0.264 e. The summed E-state index contributed by atoms with van der Waals surface area (Å²) < 4.78 is 29.5. The van der Waals surface area contributed by atoms with Gasteiger partial charge in [-0.25, -0.2) is 8.42 Å². The lowest BCUT2D eigenvalue weighted by atomic mass is 10.0. The molecule has 7 nitrogen and oxygen atoms in total. The van der Waals surface area contributed by atoms with Gasteiger partial charge in [0.2, 0.25) is 11.8 Å². The summed E-state index contributed by atoms with van der Waals surface area (Å²) in [6.07, 6.45) is 0.977. The third kappa shape index (κ3) is 8.53. The van der Waals surface area contributed by atoms with E-state index in [1.807, 2.05) is 81.4 Å². The van der Waals surface area contributed by atoms with Crippen molar-refractivity contribution in [2.75, 3.05) is 10.8 Å². The van der Waals surface area contributed by atoms with Crippen LogP contribution in [0.1, 0.15) is 42.5 Å². The van der Waals surface area contributed by atoms with Gasteiger partial charge in [0, 0.05) is 24.0 Å². The highest BCUT2D eigenvalue weighted by molar-refractivity contribution is 7.92. The smallest absolute Gasteiger partial charge is 0.264 e. The van der Waals surface area contributed by atoms with Crippen LogP contribution in [-0.2, 0) is 32.6 Å². The minimum absolute atomic E-state index is 0.00348. The molecule has 0 aliphatic carbocycles. The van der Waals surface area contributed by atoms with Crippen molar-refractivity contribution in [3.05, 3.63) is 130 Å². The van der Waals surface area contributed by atoms with Crippen LogP contribution in [0.5, 0.6) is 0 Å². The first-order valence-corrected chi connectivity index (χ1v) is 16.8. The van der Waals surface area contributed by atoms with E-state index < -0.39 is 28.5 Å². The quantitative estimate of drug-likeness (QED) is 0.175. The molecule has 0 saturated heterocycles.